The van der Waals surface area contributed by atoms with Crippen LogP contribution >= 0.6 is 0 Å². The smallest absolute Gasteiger partial charge is 0.249 e. The molecular formula is C13H15N3O3. The van der Waals surface area contributed by atoms with Crippen LogP contribution in [-0.4, -0.2) is 30.7 Å². The average molecular weight is 261 g/mol. The number of imide groups is 1. The van der Waals surface area contributed by atoms with Crippen LogP contribution in [0.4, 0.5) is 11.4 Å². The normalized spacial score (nSPS) is 18.6. The molecule has 1 atom stereocenters. The first kappa shape index (κ1) is 13.1. The van der Waals surface area contributed by atoms with E-state index in [2.05, 4.69) is 16.0 Å². The minimum Gasteiger partial charge on any atom is -0.378 e. The SMILES string of the molecule is O=CCNc1cccc(NC2CCC(=O)NC2=O)c1. The molecule has 0 aromatic heterocycles. The summed E-state index contributed by atoms with van der Waals surface area (Å²) in [6, 6.07) is 6.89. The number of aldehydes is 1. The van der Waals surface area contributed by atoms with E-state index in [1.807, 2.05) is 24.3 Å². The Bertz CT molecular complexity index is 502. The first-order valence-corrected chi connectivity index (χ1v) is 6.07. The van der Waals surface area contributed by atoms with Gasteiger partial charge in [-0.25, -0.2) is 0 Å². The zero-order valence-corrected chi connectivity index (χ0v) is 10.3. The fraction of sp³-hybridized carbons (Fsp3) is 0.308. The van der Waals surface area contributed by atoms with Crippen molar-refractivity contribution in [2.45, 2.75) is 18.9 Å². The van der Waals surface area contributed by atoms with E-state index in [-0.39, 0.29) is 18.4 Å². The zero-order valence-electron chi connectivity index (χ0n) is 10.3. The Labute approximate surface area is 110 Å². The molecule has 1 aromatic rings. The Balaban J connectivity index is 2.00. The summed E-state index contributed by atoms with van der Waals surface area (Å²) in [6.07, 6.45) is 1.60. The van der Waals surface area contributed by atoms with Crippen LogP contribution in [0.1, 0.15) is 12.8 Å². The predicted octanol–water partition coefficient (Wildman–Crippen LogP) is 0.514. The Morgan fingerprint density at radius 1 is 1.32 bits per heavy atom. The maximum absolute atomic E-state index is 11.6. The lowest BCUT2D eigenvalue weighted by atomic mass is 10.1. The number of hydrogen-bond acceptors (Lipinski definition) is 5. The van der Waals surface area contributed by atoms with Gasteiger partial charge < -0.3 is 15.4 Å². The van der Waals surface area contributed by atoms with E-state index >= 15 is 0 Å². The van der Waals surface area contributed by atoms with E-state index in [0.29, 0.717) is 12.8 Å². The third-order valence-corrected chi connectivity index (χ3v) is 2.83. The fourth-order valence-electron chi connectivity index (χ4n) is 1.91. The molecule has 2 rings (SSSR count). The predicted molar refractivity (Wildman–Crippen MR) is 70.8 cm³/mol. The number of rotatable bonds is 5. The molecule has 1 fully saturated rings. The van der Waals surface area contributed by atoms with Crippen LogP contribution in [0.25, 0.3) is 0 Å². The highest BCUT2D eigenvalue weighted by molar-refractivity contribution is 6.01. The van der Waals surface area contributed by atoms with Crippen LogP contribution in [-0.2, 0) is 14.4 Å². The molecule has 1 saturated heterocycles. The number of piperidine rings is 1. The van der Waals surface area contributed by atoms with Crippen molar-refractivity contribution in [1.29, 1.82) is 0 Å². The third kappa shape index (κ3) is 3.54. The van der Waals surface area contributed by atoms with E-state index in [0.717, 1.165) is 17.7 Å². The Kier molecular flexibility index (Phi) is 4.12. The standard InChI is InChI=1S/C13H15N3O3/c17-7-6-14-9-2-1-3-10(8-9)15-11-4-5-12(18)16-13(11)19/h1-3,7-8,11,14-15H,4-6H2,(H,16,18,19). The molecule has 0 bridgehead atoms. The highest BCUT2D eigenvalue weighted by atomic mass is 16.2. The lowest BCUT2D eigenvalue weighted by Gasteiger charge is -2.23. The largest absolute Gasteiger partial charge is 0.378 e. The maximum Gasteiger partial charge on any atom is 0.249 e. The van der Waals surface area contributed by atoms with Gasteiger partial charge in [0, 0.05) is 17.8 Å². The quantitative estimate of drug-likeness (QED) is 0.531. The zero-order chi connectivity index (χ0) is 13.7. The molecule has 1 unspecified atom stereocenters. The summed E-state index contributed by atoms with van der Waals surface area (Å²) in [7, 11) is 0. The molecule has 0 spiro atoms. The number of carbonyl (C=O) groups excluding carboxylic acids is 3. The van der Waals surface area contributed by atoms with Crippen molar-refractivity contribution >= 4 is 29.5 Å². The Morgan fingerprint density at radius 3 is 2.84 bits per heavy atom. The molecule has 100 valence electrons. The van der Waals surface area contributed by atoms with Crippen LogP contribution in [0.2, 0.25) is 0 Å². The van der Waals surface area contributed by atoms with Gasteiger partial charge in [-0.1, -0.05) is 6.07 Å². The molecule has 0 saturated carbocycles. The molecule has 6 heteroatoms. The van der Waals surface area contributed by atoms with Gasteiger partial charge in [0.15, 0.2) is 0 Å². The molecule has 1 aliphatic rings. The monoisotopic (exact) mass is 261 g/mol. The minimum absolute atomic E-state index is 0.232. The lowest BCUT2D eigenvalue weighted by Crippen LogP contribution is -2.47. The molecule has 6 nitrogen and oxygen atoms in total. The van der Waals surface area contributed by atoms with E-state index in [1.165, 1.54) is 0 Å². The Hall–Kier alpha value is -2.37. The van der Waals surface area contributed by atoms with Crippen molar-refractivity contribution in [1.82, 2.24) is 5.32 Å². The van der Waals surface area contributed by atoms with E-state index in [4.69, 9.17) is 0 Å². The van der Waals surface area contributed by atoms with Gasteiger partial charge in [0.2, 0.25) is 11.8 Å². The van der Waals surface area contributed by atoms with Crippen LogP contribution in [0.15, 0.2) is 24.3 Å². The molecule has 1 aromatic carbocycles. The summed E-state index contributed by atoms with van der Waals surface area (Å²) in [5.41, 5.74) is 1.56. The average Bonchev–Trinajstić information content (AvgIpc) is 2.40. The molecule has 3 N–H and O–H groups in total. The van der Waals surface area contributed by atoms with Crippen LogP contribution < -0.4 is 16.0 Å². The van der Waals surface area contributed by atoms with Gasteiger partial charge in [-0.05, 0) is 24.6 Å². The van der Waals surface area contributed by atoms with Crippen molar-refractivity contribution in [3.05, 3.63) is 24.3 Å². The van der Waals surface area contributed by atoms with Crippen LogP contribution in [0, 0.1) is 0 Å². The van der Waals surface area contributed by atoms with Crippen molar-refractivity contribution < 1.29 is 14.4 Å². The Morgan fingerprint density at radius 2 is 2.11 bits per heavy atom. The van der Waals surface area contributed by atoms with Crippen molar-refractivity contribution in [2.24, 2.45) is 0 Å². The van der Waals surface area contributed by atoms with Crippen molar-refractivity contribution in [3.8, 4) is 0 Å². The second kappa shape index (κ2) is 5.99. The van der Waals surface area contributed by atoms with Crippen LogP contribution in [0.3, 0.4) is 0 Å². The topological polar surface area (TPSA) is 87.3 Å². The van der Waals surface area contributed by atoms with Gasteiger partial charge in [0.25, 0.3) is 0 Å². The number of hydrogen-bond donors (Lipinski definition) is 3. The highest BCUT2D eigenvalue weighted by Gasteiger charge is 2.26. The van der Waals surface area contributed by atoms with Gasteiger partial charge in [-0.2, -0.15) is 0 Å². The van der Waals surface area contributed by atoms with E-state index < -0.39 is 6.04 Å². The second-order valence-corrected chi connectivity index (χ2v) is 4.28. The fourth-order valence-corrected chi connectivity index (χ4v) is 1.91. The second-order valence-electron chi connectivity index (χ2n) is 4.28. The van der Waals surface area contributed by atoms with Crippen molar-refractivity contribution in [2.75, 3.05) is 17.2 Å². The van der Waals surface area contributed by atoms with Gasteiger partial charge in [-0.3, -0.25) is 14.9 Å². The van der Waals surface area contributed by atoms with Crippen LogP contribution in [0.5, 0.6) is 0 Å². The minimum atomic E-state index is -0.404. The summed E-state index contributed by atoms with van der Waals surface area (Å²) in [4.78, 5) is 32.9. The molecule has 2 amide bonds. The first-order valence-electron chi connectivity index (χ1n) is 6.07. The number of anilines is 2. The summed E-state index contributed by atoms with van der Waals surface area (Å²) in [5, 5.41) is 8.30. The molecular weight excluding hydrogens is 246 g/mol. The molecule has 0 aliphatic carbocycles. The number of amides is 2. The molecule has 1 aliphatic heterocycles. The molecule has 1 heterocycles. The lowest BCUT2D eigenvalue weighted by molar-refractivity contribution is -0.133. The first-order chi connectivity index (χ1) is 9.19. The van der Waals surface area contributed by atoms with E-state index in [1.54, 1.807) is 0 Å². The summed E-state index contributed by atoms with van der Waals surface area (Å²) in [5.74, 6) is -0.535. The van der Waals surface area contributed by atoms with Crippen molar-refractivity contribution in [3.63, 3.8) is 0 Å². The number of benzene rings is 1. The summed E-state index contributed by atoms with van der Waals surface area (Å²) in [6.45, 7) is 0.238. The van der Waals surface area contributed by atoms with Gasteiger partial charge >= 0.3 is 0 Å². The summed E-state index contributed by atoms with van der Waals surface area (Å²) < 4.78 is 0. The summed E-state index contributed by atoms with van der Waals surface area (Å²) >= 11 is 0. The maximum atomic E-state index is 11.6. The highest BCUT2D eigenvalue weighted by Crippen LogP contribution is 2.18. The number of nitrogens with one attached hydrogen (secondary N) is 3. The number of carbonyl (C=O) groups is 3. The molecule has 0 radical (unpaired) electrons. The molecule has 19 heavy (non-hydrogen) atoms. The van der Waals surface area contributed by atoms with E-state index in [9.17, 15) is 14.4 Å². The van der Waals surface area contributed by atoms with Gasteiger partial charge in [0.1, 0.15) is 12.3 Å². The third-order valence-electron chi connectivity index (χ3n) is 2.83. The van der Waals surface area contributed by atoms with Gasteiger partial charge in [0.05, 0.1) is 6.54 Å². The van der Waals surface area contributed by atoms with Gasteiger partial charge in [-0.15, -0.1) is 0 Å².